The van der Waals surface area contributed by atoms with Gasteiger partial charge in [0.2, 0.25) is 0 Å². The Bertz CT molecular complexity index is 784. The lowest BCUT2D eigenvalue weighted by molar-refractivity contribution is 0.0948. The van der Waals surface area contributed by atoms with Gasteiger partial charge in [0.1, 0.15) is 0 Å². The van der Waals surface area contributed by atoms with Crippen molar-refractivity contribution >= 4 is 25.6 Å². The Morgan fingerprint density at radius 3 is 2.50 bits per heavy atom. The van der Waals surface area contributed by atoms with E-state index in [2.05, 4.69) is 5.32 Å². The highest BCUT2D eigenvalue weighted by Crippen LogP contribution is 2.25. The molecule has 0 saturated carbocycles. The van der Waals surface area contributed by atoms with E-state index < -0.39 is 24.9 Å². The molecular formula is C15H21NO6S2. The van der Waals surface area contributed by atoms with Crippen molar-refractivity contribution in [1.29, 1.82) is 0 Å². The van der Waals surface area contributed by atoms with Crippen molar-refractivity contribution < 1.29 is 26.4 Å². The highest BCUT2D eigenvalue weighted by atomic mass is 32.2. The highest BCUT2D eigenvalue weighted by molar-refractivity contribution is 7.96. The summed E-state index contributed by atoms with van der Waals surface area (Å²) in [5.41, 5.74) is 0.352. The molecule has 1 fully saturated rings. The fourth-order valence-electron chi connectivity index (χ4n) is 2.51. The summed E-state index contributed by atoms with van der Waals surface area (Å²) in [6.07, 6.45) is 0.803. The lowest BCUT2D eigenvalue weighted by Gasteiger charge is -2.11. The molecule has 1 saturated heterocycles. The maximum atomic E-state index is 12.5. The number of sulfone groups is 2. The van der Waals surface area contributed by atoms with Crippen LogP contribution in [0.4, 0.5) is 0 Å². The molecule has 0 radical (unpaired) electrons. The molecule has 0 aromatic heterocycles. The summed E-state index contributed by atoms with van der Waals surface area (Å²) < 4.78 is 52.8. The van der Waals surface area contributed by atoms with Gasteiger partial charge in [-0.25, -0.2) is 16.8 Å². The third-order valence-corrected chi connectivity index (χ3v) is 8.07. The maximum Gasteiger partial charge on any atom is 0.251 e. The van der Waals surface area contributed by atoms with Crippen molar-refractivity contribution in [2.75, 3.05) is 31.8 Å². The maximum absolute atomic E-state index is 12.5. The Hall–Kier alpha value is -1.45. The monoisotopic (exact) mass is 375 g/mol. The number of benzene rings is 1. The summed E-state index contributed by atoms with van der Waals surface area (Å²) in [6, 6.07) is 5.57. The Morgan fingerprint density at radius 1 is 1.29 bits per heavy atom. The normalized spacial score (nSPS) is 20.0. The number of hydrogen-bond donors (Lipinski definition) is 1. The van der Waals surface area contributed by atoms with E-state index in [4.69, 9.17) is 4.74 Å². The number of methoxy groups -OCH3 is 1. The number of carbonyl (C=O) groups is 1. The van der Waals surface area contributed by atoms with Crippen LogP contribution in [0.2, 0.25) is 0 Å². The van der Waals surface area contributed by atoms with E-state index in [0.717, 1.165) is 0 Å². The van der Waals surface area contributed by atoms with E-state index in [0.29, 0.717) is 25.1 Å². The number of hydrogen-bond acceptors (Lipinski definition) is 6. The Kier molecular flexibility index (Phi) is 6.00. The first kappa shape index (κ1) is 18.9. The van der Waals surface area contributed by atoms with Crippen LogP contribution in [0.5, 0.6) is 0 Å². The van der Waals surface area contributed by atoms with Crippen molar-refractivity contribution in [3.05, 3.63) is 29.8 Å². The van der Waals surface area contributed by atoms with Crippen LogP contribution in [0.15, 0.2) is 29.2 Å². The van der Waals surface area contributed by atoms with Gasteiger partial charge >= 0.3 is 0 Å². The van der Waals surface area contributed by atoms with Gasteiger partial charge in [-0.1, -0.05) is 0 Å². The predicted molar refractivity (Wildman–Crippen MR) is 89.5 cm³/mol. The molecule has 1 heterocycles. The fourth-order valence-corrected chi connectivity index (χ4v) is 6.87. The highest BCUT2D eigenvalue weighted by Gasteiger charge is 2.37. The zero-order chi connectivity index (χ0) is 17.8. The largest absolute Gasteiger partial charge is 0.385 e. The SMILES string of the molecule is COCCCNC(=O)c1ccc(S(=O)(=O)[C@H]2CCS(=O)(=O)C2)cc1. The molecule has 1 amide bonds. The van der Waals surface area contributed by atoms with Gasteiger partial charge in [0.25, 0.3) is 5.91 Å². The Labute approximate surface area is 142 Å². The first-order valence-corrected chi connectivity index (χ1v) is 10.9. The van der Waals surface area contributed by atoms with E-state index in [1.165, 1.54) is 24.3 Å². The predicted octanol–water partition coefficient (Wildman–Crippen LogP) is 0.414. The quantitative estimate of drug-likeness (QED) is 0.692. The second-order valence-electron chi connectivity index (χ2n) is 5.70. The van der Waals surface area contributed by atoms with Crippen LogP contribution >= 0.6 is 0 Å². The molecule has 1 aromatic carbocycles. The first-order valence-electron chi connectivity index (χ1n) is 7.58. The number of ether oxygens (including phenoxy) is 1. The van der Waals surface area contributed by atoms with Crippen molar-refractivity contribution in [3.63, 3.8) is 0 Å². The summed E-state index contributed by atoms with van der Waals surface area (Å²) in [5, 5.41) is 1.80. The van der Waals surface area contributed by atoms with Crippen LogP contribution in [0, 0.1) is 0 Å². The van der Waals surface area contributed by atoms with E-state index >= 15 is 0 Å². The van der Waals surface area contributed by atoms with E-state index in [9.17, 15) is 21.6 Å². The standard InChI is InChI=1S/C15H21NO6S2/c1-22-9-2-8-16-15(17)12-3-5-13(6-4-12)24(20,21)14-7-10-23(18,19)11-14/h3-6,14H,2,7-11H2,1H3,(H,16,17)/t14-/m0/s1. The summed E-state index contributed by atoms with van der Waals surface area (Å²) in [4.78, 5) is 12.0. The molecule has 1 N–H and O–H groups in total. The molecular weight excluding hydrogens is 354 g/mol. The molecule has 0 bridgehead atoms. The Balaban J connectivity index is 2.05. The van der Waals surface area contributed by atoms with Gasteiger partial charge in [0.05, 0.1) is 21.7 Å². The smallest absolute Gasteiger partial charge is 0.251 e. The minimum Gasteiger partial charge on any atom is -0.385 e. The molecule has 1 atom stereocenters. The molecule has 0 spiro atoms. The second-order valence-corrected chi connectivity index (χ2v) is 10.2. The fraction of sp³-hybridized carbons (Fsp3) is 0.533. The number of carbonyl (C=O) groups excluding carboxylic acids is 1. The minimum atomic E-state index is -3.70. The van der Waals surface area contributed by atoms with Crippen LogP contribution in [0.3, 0.4) is 0 Å². The van der Waals surface area contributed by atoms with Gasteiger partial charge in [0, 0.05) is 25.8 Å². The second kappa shape index (κ2) is 7.62. The van der Waals surface area contributed by atoms with Crippen molar-refractivity contribution in [2.45, 2.75) is 23.0 Å². The molecule has 9 heteroatoms. The van der Waals surface area contributed by atoms with Crippen molar-refractivity contribution in [3.8, 4) is 0 Å². The topological polar surface area (TPSA) is 107 Å². The molecule has 0 unspecified atom stereocenters. The molecule has 1 aliphatic rings. The molecule has 2 rings (SSSR count). The van der Waals surface area contributed by atoms with Gasteiger partial charge in [-0.2, -0.15) is 0 Å². The molecule has 134 valence electrons. The molecule has 1 aromatic rings. The van der Waals surface area contributed by atoms with E-state index in [1.807, 2.05) is 0 Å². The van der Waals surface area contributed by atoms with Gasteiger partial charge in [-0.15, -0.1) is 0 Å². The van der Waals surface area contributed by atoms with Gasteiger partial charge < -0.3 is 10.1 Å². The molecule has 24 heavy (non-hydrogen) atoms. The van der Waals surface area contributed by atoms with Crippen molar-refractivity contribution in [2.24, 2.45) is 0 Å². The van der Waals surface area contributed by atoms with Crippen LogP contribution in [-0.4, -0.2) is 59.8 Å². The van der Waals surface area contributed by atoms with Gasteiger partial charge in [-0.3, -0.25) is 4.79 Å². The zero-order valence-electron chi connectivity index (χ0n) is 13.4. The van der Waals surface area contributed by atoms with Crippen molar-refractivity contribution in [1.82, 2.24) is 5.32 Å². The average molecular weight is 375 g/mol. The zero-order valence-corrected chi connectivity index (χ0v) is 15.0. The van der Waals surface area contributed by atoms with E-state index in [-0.39, 0.29) is 28.7 Å². The third-order valence-electron chi connectivity index (χ3n) is 3.89. The molecule has 7 nitrogen and oxygen atoms in total. The lowest BCUT2D eigenvalue weighted by atomic mass is 10.2. The summed E-state index contributed by atoms with van der Waals surface area (Å²) >= 11 is 0. The minimum absolute atomic E-state index is 0.0422. The lowest BCUT2D eigenvalue weighted by Crippen LogP contribution is -2.25. The number of rotatable bonds is 7. The van der Waals surface area contributed by atoms with Crippen LogP contribution in [0.1, 0.15) is 23.2 Å². The summed E-state index contributed by atoms with van der Waals surface area (Å²) in [7, 11) is -5.40. The van der Waals surface area contributed by atoms with Gasteiger partial charge in [-0.05, 0) is 37.1 Å². The van der Waals surface area contributed by atoms with Crippen LogP contribution in [0.25, 0.3) is 0 Å². The number of amides is 1. The van der Waals surface area contributed by atoms with Crippen LogP contribution < -0.4 is 5.32 Å². The van der Waals surface area contributed by atoms with Gasteiger partial charge in [0.15, 0.2) is 19.7 Å². The molecule has 1 aliphatic heterocycles. The third kappa shape index (κ3) is 4.55. The van der Waals surface area contributed by atoms with E-state index in [1.54, 1.807) is 7.11 Å². The summed E-state index contributed by atoms with van der Waals surface area (Å²) in [5.74, 6) is -0.728. The summed E-state index contributed by atoms with van der Waals surface area (Å²) in [6.45, 7) is 1.01. The molecule has 0 aliphatic carbocycles. The average Bonchev–Trinajstić information content (AvgIpc) is 2.92. The first-order chi connectivity index (χ1) is 11.3. The number of nitrogens with one attached hydrogen (secondary N) is 1. The Morgan fingerprint density at radius 2 is 1.96 bits per heavy atom. The van der Waals surface area contributed by atoms with Crippen LogP contribution in [-0.2, 0) is 24.4 Å².